The third-order valence-electron chi connectivity index (χ3n) is 5.40. The summed E-state index contributed by atoms with van der Waals surface area (Å²) in [4.78, 5) is 27.8. The molecule has 2 aliphatic rings. The van der Waals surface area contributed by atoms with Crippen molar-refractivity contribution < 1.29 is 14.7 Å². The Morgan fingerprint density at radius 2 is 2.00 bits per heavy atom. The van der Waals surface area contributed by atoms with E-state index in [1.165, 1.54) is 0 Å². The lowest BCUT2D eigenvalue weighted by atomic mass is 9.72. The number of hydrogen-bond acceptors (Lipinski definition) is 3. The number of rotatable bonds is 2. The lowest BCUT2D eigenvalue weighted by Gasteiger charge is -2.46. The van der Waals surface area contributed by atoms with Crippen LogP contribution in [0.1, 0.15) is 37.4 Å². The molecule has 130 valence electrons. The van der Waals surface area contributed by atoms with Gasteiger partial charge in [-0.25, -0.2) is 0 Å². The number of carbonyl (C=O) groups excluding carboxylic acids is 2. The van der Waals surface area contributed by atoms with Crippen LogP contribution in [0.25, 0.3) is 0 Å². The zero-order chi connectivity index (χ0) is 17.3. The van der Waals surface area contributed by atoms with Crippen molar-refractivity contribution in [3.8, 4) is 0 Å². The Labute approximate surface area is 147 Å². The first-order valence-electron chi connectivity index (χ1n) is 8.37. The van der Waals surface area contributed by atoms with E-state index in [9.17, 15) is 14.7 Å². The van der Waals surface area contributed by atoms with Gasteiger partial charge in [-0.3, -0.25) is 9.59 Å². The van der Waals surface area contributed by atoms with Gasteiger partial charge in [0.2, 0.25) is 5.91 Å². The highest BCUT2D eigenvalue weighted by molar-refractivity contribution is 6.30. The van der Waals surface area contributed by atoms with E-state index in [-0.39, 0.29) is 17.2 Å². The number of nitrogens with zero attached hydrogens (tertiary/aromatic N) is 2. The lowest BCUT2D eigenvalue weighted by molar-refractivity contribution is -0.146. The molecule has 2 heterocycles. The van der Waals surface area contributed by atoms with Gasteiger partial charge in [-0.2, -0.15) is 0 Å². The van der Waals surface area contributed by atoms with Crippen LogP contribution in [0.5, 0.6) is 0 Å². The molecule has 1 aromatic rings. The average Bonchev–Trinajstić information content (AvgIpc) is 2.58. The van der Waals surface area contributed by atoms with Crippen LogP contribution in [0.15, 0.2) is 24.3 Å². The molecule has 0 bridgehead atoms. The van der Waals surface area contributed by atoms with Crippen LogP contribution in [0.2, 0.25) is 5.02 Å². The predicted octanol–water partition coefficient (Wildman–Crippen LogP) is 2.23. The van der Waals surface area contributed by atoms with Crippen LogP contribution in [0.4, 0.5) is 0 Å². The topological polar surface area (TPSA) is 60.9 Å². The van der Waals surface area contributed by atoms with E-state index in [1.807, 2.05) is 11.9 Å². The SMILES string of the molecule is CN1CC2(CCC1=O)CCN(C(=O)[C@H](O)c1cccc(Cl)c1)CC2. The van der Waals surface area contributed by atoms with Crippen molar-refractivity contribution in [1.82, 2.24) is 9.80 Å². The molecule has 1 spiro atoms. The van der Waals surface area contributed by atoms with Crippen molar-refractivity contribution in [3.63, 3.8) is 0 Å². The molecule has 0 saturated carbocycles. The zero-order valence-corrected chi connectivity index (χ0v) is 14.6. The van der Waals surface area contributed by atoms with Gasteiger partial charge in [0.05, 0.1) is 0 Å². The quantitative estimate of drug-likeness (QED) is 0.889. The smallest absolute Gasteiger partial charge is 0.256 e. The van der Waals surface area contributed by atoms with Crippen LogP contribution < -0.4 is 0 Å². The summed E-state index contributed by atoms with van der Waals surface area (Å²) < 4.78 is 0. The van der Waals surface area contributed by atoms with Gasteiger partial charge >= 0.3 is 0 Å². The fourth-order valence-electron chi connectivity index (χ4n) is 3.84. The number of likely N-dealkylation sites (tertiary alicyclic amines) is 2. The maximum Gasteiger partial charge on any atom is 0.256 e. The molecule has 2 aliphatic heterocycles. The maximum atomic E-state index is 12.6. The second-order valence-electron chi connectivity index (χ2n) is 7.03. The highest BCUT2D eigenvalue weighted by Gasteiger charge is 2.41. The molecule has 2 saturated heterocycles. The Bertz CT molecular complexity index is 641. The molecule has 0 aliphatic carbocycles. The van der Waals surface area contributed by atoms with Crippen molar-refractivity contribution in [2.45, 2.75) is 31.8 Å². The Kier molecular flexibility index (Phi) is 4.83. The molecule has 3 rings (SSSR count). The predicted molar refractivity (Wildman–Crippen MR) is 91.5 cm³/mol. The van der Waals surface area contributed by atoms with Gasteiger partial charge in [0.25, 0.3) is 5.91 Å². The van der Waals surface area contributed by atoms with Gasteiger partial charge in [0, 0.05) is 38.1 Å². The summed E-state index contributed by atoms with van der Waals surface area (Å²) in [7, 11) is 1.85. The van der Waals surface area contributed by atoms with Gasteiger partial charge in [-0.1, -0.05) is 23.7 Å². The van der Waals surface area contributed by atoms with Gasteiger partial charge in [-0.15, -0.1) is 0 Å². The van der Waals surface area contributed by atoms with Crippen LogP contribution in [0, 0.1) is 5.41 Å². The fraction of sp³-hybridized carbons (Fsp3) is 0.556. The molecule has 0 radical (unpaired) electrons. The Morgan fingerprint density at radius 3 is 2.62 bits per heavy atom. The van der Waals surface area contributed by atoms with E-state index in [4.69, 9.17) is 11.6 Å². The van der Waals surface area contributed by atoms with E-state index in [2.05, 4.69) is 0 Å². The molecule has 5 nitrogen and oxygen atoms in total. The number of piperidine rings is 2. The summed E-state index contributed by atoms with van der Waals surface area (Å²) in [6.07, 6.45) is 2.07. The van der Waals surface area contributed by atoms with E-state index < -0.39 is 6.10 Å². The van der Waals surface area contributed by atoms with Crippen LogP contribution >= 0.6 is 11.6 Å². The fourth-order valence-corrected chi connectivity index (χ4v) is 4.03. The third-order valence-corrected chi connectivity index (χ3v) is 5.64. The molecule has 1 aromatic carbocycles. The number of carbonyl (C=O) groups is 2. The summed E-state index contributed by atoms with van der Waals surface area (Å²) in [6, 6.07) is 6.78. The van der Waals surface area contributed by atoms with Gasteiger partial charge in [0.15, 0.2) is 6.10 Å². The normalized spacial score (nSPS) is 21.9. The Hall–Kier alpha value is -1.59. The molecular formula is C18H23ClN2O3. The van der Waals surface area contributed by atoms with Crippen molar-refractivity contribution in [1.29, 1.82) is 0 Å². The van der Waals surface area contributed by atoms with Crippen molar-refractivity contribution in [2.24, 2.45) is 5.41 Å². The van der Waals surface area contributed by atoms with Gasteiger partial charge in [-0.05, 0) is 42.4 Å². The molecule has 24 heavy (non-hydrogen) atoms. The molecule has 1 N–H and O–H groups in total. The summed E-state index contributed by atoms with van der Waals surface area (Å²) >= 11 is 5.93. The number of amides is 2. The van der Waals surface area contributed by atoms with Crippen LogP contribution in [-0.2, 0) is 9.59 Å². The molecule has 6 heteroatoms. The minimum Gasteiger partial charge on any atom is -0.378 e. The van der Waals surface area contributed by atoms with Crippen molar-refractivity contribution >= 4 is 23.4 Å². The second-order valence-corrected chi connectivity index (χ2v) is 7.47. The first-order chi connectivity index (χ1) is 11.4. The first-order valence-corrected chi connectivity index (χ1v) is 8.74. The maximum absolute atomic E-state index is 12.6. The van der Waals surface area contributed by atoms with Gasteiger partial charge in [0.1, 0.15) is 0 Å². The second kappa shape index (κ2) is 6.73. The monoisotopic (exact) mass is 350 g/mol. The summed E-state index contributed by atoms with van der Waals surface area (Å²) in [5, 5.41) is 10.8. The number of halogens is 1. The highest BCUT2D eigenvalue weighted by atomic mass is 35.5. The highest BCUT2D eigenvalue weighted by Crippen LogP contribution is 2.40. The van der Waals surface area contributed by atoms with Crippen molar-refractivity contribution in [2.75, 3.05) is 26.7 Å². The number of benzene rings is 1. The Balaban J connectivity index is 1.62. The molecule has 2 fully saturated rings. The Morgan fingerprint density at radius 1 is 1.29 bits per heavy atom. The number of hydrogen-bond donors (Lipinski definition) is 1. The zero-order valence-electron chi connectivity index (χ0n) is 13.9. The minimum absolute atomic E-state index is 0.125. The number of aliphatic hydroxyl groups is 1. The number of aliphatic hydroxyl groups excluding tert-OH is 1. The largest absolute Gasteiger partial charge is 0.378 e. The molecule has 1 atom stereocenters. The average molecular weight is 351 g/mol. The van der Waals surface area contributed by atoms with E-state index in [1.54, 1.807) is 29.2 Å². The van der Waals surface area contributed by atoms with E-state index in [0.29, 0.717) is 30.1 Å². The van der Waals surface area contributed by atoms with Crippen molar-refractivity contribution in [3.05, 3.63) is 34.9 Å². The molecule has 0 aromatic heterocycles. The molecular weight excluding hydrogens is 328 g/mol. The summed E-state index contributed by atoms with van der Waals surface area (Å²) in [6.45, 7) is 2.02. The van der Waals surface area contributed by atoms with E-state index in [0.717, 1.165) is 25.8 Å². The van der Waals surface area contributed by atoms with E-state index >= 15 is 0 Å². The first kappa shape index (κ1) is 17.2. The summed E-state index contributed by atoms with van der Waals surface area (Å²) in [5.41, 5.74) is 0.649. The summed E-state index contributed by atoms with van der Waals surface area (Å²) in [5.74, 6) is -0.0668. The molecule has 0 unspecified atom stereocenters. The minimum atomic E-state index is -1.17. The molecule has 2 amide bonds. The third kappa shape index (κ3) is 3.42. The standard InChI is InChI=1S/C18H23ClN2O3/c1-20-12-18(6-5-15(20)22)7-9-21(10-8-18)17(24)16(23)13-3-2-4-14(19)11-13/h2-4,11,16,23H,5-10,12H2,1H3/t16-/m1/s1. The lowest BCUT2D eigenvalue weighted by Crippen LogP contribution is -2.51. The van der Waals surface area contributed by atoms with Crippen LogP contribution in [-0.4, -0.2) is 53.4 Å². The van der Waals surface area contributed by atoms with Gasteiger partial charge < -0.3 is 14.9 Å². The van der Waals surface area contributed by atoms with Crippen LogP contribution in [0.3, 0.4) is 0 Å².